The number of carbonyl (C=O) groups excluding carboxylic acids is 2. The molecule has 25 heavy (non-hydrogen) atoms. The smallest absolute Gasteiger partial charge is 0.270 e. The first-order chi connectivity index (χ1) is 12.1. The van der Waals surface area contributed by atoms with Crippen molar-refractivity contribution in [3.63, 3.8) is 0 Å². The first-order valence-electron chi connectivity index (χ1n) is 7.98. The van der Waals surface area contributed by atoms with E-state index in [0.717, 1.165) is 36.1 Å². The lowest BCUT2D eigenvalue weighted by Gasteiger charge is -2.15. The lowest BCUT2D eigenvalue weighted by Crippen LogP contribution is -2.31. The van der Waals surface area contributed by atoms with Crippen molar-refractivity contribution in [2.45, 2.75) is 12.8 Å². The molecule has 2 amide bonds. The summed E-state index contributed by atoms with van der Waals surface area (Å²) in [6, 6.07) is 12.1. The molecule has 0 bridgehead atoms. The Morgan fingerprint density at radius 3 is 2.08 bits per heavy atom. The van der Waals surface area contributed by atoms with E-state index in [4.69, 9.17) is 0 Å². The summed E-state index contributed by atoms with van der Waals surface area (Å²) >= 11 is 0. The van der Waals surface area contributed by atoms with Crippen LogP contribution in [-0.4, -0.2) is 29.8 Å². The van der Waals surface area contributed by atoms with Gasteiger partial charge in [0.15, 0.2) is 0 Å². The number of benzene rings is 2. The summed E-state index contributed by atoms with van der Waals surface area (Å²) in [5, 5.41) is 15.9. The van der Waals surface area contributed by atoms with Gasteiger partial charge in [0.25, 0.3) is 17.5 Å². The Balaban J connectivity index is 0.000000150. The van der Waals surface area contributed by atoms with Crippen LogP contribution in [0, 0.1) is 10.1 Å². The van der Waals surface area contributed by atoms with Crippen LogP contribution in [0.15, 0.2) is 42.5 Å². The molecular formula is C18H17N3O4. The fourth-order valence-electron chi connectivity index (χ4n) is 2.88. The number of carbonyl (C=O) groups is 2. The van der Waals surface area contributed by atoms with Crippen LogP contribution >= 0.6 is 0 Å². The zero-order valence-corrected chi connectivity index (χ0v) is 13.5. The highest BCUT2D eigenvalue weighted by Gasteiger charge is 2.19. The maximum Gasteiger partial charge on any atom is 0.270 e. The van der Waals surface area contributed by atoms with Crippen LogP contribution in [0.25, 0.3) is 0 Å². The third-order valence-electron chi connectivity index (χ3n) is 4.17. The molecule has 0 fully saturated rings. The minimum absolute atomic E-state index is 0.0409. The van der Waals surface area contributed by atoms with Crippen molar-refractivity contribution in [3.05, 3.63) is 74.8 Å². The summed E-state index contributed by atoms with van der Waals surface area (Å²) in [7, 11) is 0. The fourth-order valence-corrected chi connectivity index (χ4v) is 2.88. The summed E-state index contributed by atoms with van der Waals surface area (Å²) in [6.45, 7) is 1.37. The van der Waals surface area contributed by atoms with Gasteiger partial charge in [-0.2, -0.15) is 0 Å². The van der Waals surface area contributed by atoms with E-state index in [9.17, 15) is 19.7 Å². The number of nitro benzene ring substituents is 1. The van der Waals surface area contributed by atoms with Crippen molar-refractivity contribution in [1.29, 1.82) is 0 Å². The molecule has 2 heterocycles. The predicted octanol–water partition coefficient (Wildman–Crippen LogP) is 1.85. The van der Waals surface area contributed by atoms with Gasteiger partial charge in [-0.25, -0.2) is 0 Å². The first kappa shape index (κ1) is 16.6. The minimum atomic E-state index is -0.498. The molecule has 0 aromatic heterocycles. The second-order valence-corrected chi connectivity index (χ2v) is 5.77. The number of non-ortho nitro benzene ring substituents is 1. The number of rotatable bonds is 1. The van der Waals surface area contributed by atoms with Crippen molar-refractivity contribution in [1.82, 2.24) is 10.6 Å². The molecule has 0 atom stereocenters. The summed E-state index contributed by atoms with van der Waals surface area (Å²) in [5.74, 6) is -0.165. The van der Waals surface area contributed by atoms with Gasteiger partial charge < -0.3 is 10.6 Å². The first-order valence-corrected chi connectivity index (χ1v) is 7.98. The quantitative estimate of drug-likeness (QED) is 0.611. The molecule has 0 spiro atoms. The van der Waals surface area contributed by atoms with Crippen molar-refractivity contribution < 1.29 is 14.5 Å². The van der Waals surface area contributed by atoms with Crippen LogP contribution in [0.5, 0.6) is 0 Å². The lowest BCUT2D eigenvalue weighted by molar-refractivity contribution is -0.384. The normalized spacial score (nSPS) is 14.9. The van der Waals surface area contributed by atoms with E-state index < -0.39 is 4.92 Å². The van der Waals surface area contributed by atoms with E-state index in [1.807, 2.05) is 24.3 Å². The van der Waals surface area contributed by atoms with Gasteiger partial charge in [-0.05, 0) is 30.0 Å². The van der Waals surface area contributed by atoms with Gasteiger partial charge in [0.05, 0.1) is 4.92 Å². The minimum Gasteiger partial charge on any atom is -0.352 e. The summed E-state index contributed by atoms with van der Waals surface area (Å²) in [6.07, 6.45) is 1.70. The summed E-state index contributed by atoms with van der Waals surface area (Å²) in [5.41, 5.74) is 3.25. The maximum absolute atomic E-state index is 11.3. The van der Waals surface area contributed by atoms with E-state index in [-0.39, 0.29) is 17.5 Å². The lowest BCUT2D eigenvalue weighted by atomic mass is 10.00. The molecular weight excluding hydrogens is 322 g/mol. The number of nitrogens with one attached hydrogen (secondary N) is 2. The molecule has 2 aromatic carbocycles. The van der Waals surface area contributed by atoms with Crippen LogP contribution in [0.2, 0.25) is 0 Å². The highest BCUT2D eigenvalue weighted by Crippen LogP contribution is 2.20. The molecule has 2 aromatic rings. The Morgan fingerprint density at radius 1 is 0.840 bits per heavy atom. The molecule has 4 rings (SSSR count). The summed E-state index contributed by atoms with van der Waals surface area (Å²) < 4.78 is 0. The van der Waals surface area contributed by atoms with Crippen molar-refractivity contribution in [2.24, 2.45) is 0 Å². The van der Waals surface area contributed by atoms with E-state index in [2.05, 4.69) is 10.6 Å². The van der Waals surface area contributed by atoms with Gasteiger partial charge in [-0.1, -0.05) is 24.3 Å². The molecule has 2 N–H and O–H groups in total. The SMILES string of the molecule is O=C1NCCc2ccc([N+](=O)[O-])cc21.O=C1NCCc2ccccc21. The van der Waals surface area contributed by atoms with E-state index in [1.54, 1.807) is 6.07 Å². The molecule has 0 saturated carbocycles. The van der Waals surface area contributed by atoms with Crippen molar-refractivity contribution in [3.8, 4) is 0 Å². The second-order valence-electron chi connectivity index (χ2n) is 5.77. The topological polar surface area (TPSA) is 101 Å². The zero-order valence-electron chi connectivity index (χ0n) is 13.5. The molecule has 2 aliphatic heterocycles. The van der Waals surface area contributed by atoms with Gasteiger partial charge >= 0.3 is 0 Å². The number of fused-ring (bicyclic) bond motifs is 2. The number of nitrogens with zero attached hydrogens (tertiary/aromatic N) is 1. The summed E-state index contributed by atoms with van der Waals surface area (Å²) in [4.78, 5) is 32.5. The third-order valence-corrected chi connectivity index (χ3v) is 4.17. The van der Waals surface area contributed by atoms with Crippen LogP contribution in [-0.2, 0) is 12.8 Å². The average molecular weight is 339 g/mol. The Kier molecular flexibility index (Phi) is 4.74. The molecule has 7 nitrogen and oxygen atoms in total. The second kappa shape index (κ2) is 7.12. The molecule has 0 saturated heterocycles. The molecule has 0 unspecified atom stereocenters. The van der Waals surface area contributed by atoms with Gasteiger partial charge in [0.1, 0.15) is 0 Å². The molecule has 0 radical (unpaired) electrons. The third kappa shape index (κ3) is 3.65. The standard InChI is InChI=1S/C9H8N2O3.C9H9NO/c12-9-8-5-7(11(13)14)2-1-6(8)3-4-10-9;11-9-8-4-2-1-3-7(8)5-6-10-9/h1-2,5H,3-4H2,(H,10,12);1-4H,5-6H2,(H,10,11). The van der Waals surface area contributed by atoms with Crippen molar-refractivity contribution in [2.75, 3.05) is 13.1 Å². The van der Waals surface area contributed by atoms with Crippen LogP contribution in [0.1, 0.15) is 31.8 Å². The highest BCUT2D eigenvalue weighted by atomic mass is 16.6. The van der Waals surface area contributed by atoms with E-state index in [0.29, 0.717) is 12.1 Å². The van der Waals surface area contributed by atoms with Gasteiger partial charge in [0, 0.05) is 36.3 Å². The number of amides is 2. The monoisotopic (exact) mass is 339 g/mol. The number of nitro groups is 1. The largest absolute Gasteiger partial charge is 0.352 e. The van der Waals surface area contributed by atoms with Crippen LogP contribution in [0.3, 0.4) is 0 Å². The zero-order chi connectivity index (χ0) is 17.8. The van der Waals surface area contributed by atoms with Gasteiger partial charge in [-0.15, -0.1) is 0 Å². The van der Waals surface area contributed by atoms with Crippen molar-refractivity contribution >= 4 is 17.5 Å². The molecule has 2 aliphatic rings. The Morgan fingerprint density at radius 2 is 1.44 bits per heavy atom. The molecule has 7 heteroatoms. The van der Waals surface area contributed by atoms with Gasteiger partial charge in [0.2, 0.25) is 0 Å². The fraction of sp³-hybridized carbons (Fsp3) is 0.222. The predicted molar refractivity (Wildman–Crippen MR) is 91.6 cm³/mol. The van der Waals surface area contributed by atoms with Crippen LogP contribution in [0.4, 0.5) is 5.69 Å². The number of hydrogen-bond acceptors (Lipinski definition) is 4. The van der Waals surface area contributed by atoms with E-state index >= 15 is 0 Å². The number of hydrogen-bond donors (Lipinski definition) is 2. The van der Waals surface area contributed by atoms with E-state index in [1.165, 1.54) is 12.1 Å². The Hall–Kier alpha value is -3.22. The average Bonchev–Trinajstić information content (AvgIpc) is 2.63. The molecule has 128 valence electrons. The Labute approximate surface area is 144 Å². The highest BCUT2D eigenvalue weighted by molar-refractivity contribution is 5.97. The van der Waals surface area contributed by atoms with Crippen LogP contribution < -0.4 is 10.6 Å². The maximum atomic E-state index is 11.3. The Bertz CT molecular complexity index is 848. The van der Waals surface area contributed by atoms with Gasteiger partial charge in [-0.3, -0.25) is 19.7 Å². The molecule has 0 aliphatic carbocycles.